The monoisotopic (exact) mass is 255 g/mol. The van der Waals surface area contributed by atoms with Gasteiger partial charge in [-0.25, -0.2) is 0 Å². The highest BCUT2D eigenvalue weighted by Gasteiger charge is 2.21. The van der Waals surface area contributed by atoms with Crippen molar-refractivity contribution in [1.82, 2.24) is 5.48 Å². The van der Waals surface area contributed by atoms with Crippen LogP contribution in [0.25, 0.3) is 0 Å². The highest BCUT2D eigenvalue weighted by molar-refractivity contribution is 5.91. The molecule has 0 bridgehead atoms. The van der Waals surface area contributed by atoms with Gasteiger partial charge in [0.05, 0.1) is 36.0 Å². The molecule has 2 aromatic carbocycles. The Hall–Kier alpha value is -2.04. The van der Waals surface area contributed by atoms with Gasteiger partial charge in [-0.1, -0.05) is 24.3 Å². The number of hydrogen-bond acceptors (Lipinski definition) is 4. The lowest BCUT2D eigenvalue weighted by Gasteiger charge is -2.33. The van der Waals surface area contributed by atoms with Crippen molar-refractivity contribution in [1.29, 1.82) is 0 Å². The number of nitrogens with one attached hydrogen (secondary N) is 2. The summed E-state index contributed by atoms with van der Waals surface area (Å²) >= 11 is 0. The Balaban J connectivity index is 1.96. The minimum atomic E-state index is 0.615. The summed E-state index contributed by atoms with van der Waals surface area (Å²) < 4.78 is 0. The fourth-order valence-corrected chi connectivity index (χ4v) is 2.29. The van der Waals surface area contributed by atoms with E-state index < -0.39 is 0 Å². The van der Waals surface area contributed by atoms with Crippen LogP contribution in [0.3, 0.4) is 0 Å². The molecule has 0 spiro atoms. The molecule has 4 nitrogen and oxygen atoms in total. The van der Waals surface area contributed by atoms with E-state index in [2.05, 4.69) is 40.0 Å². The maximum absolute atomic E-state index is 5.25. The maximum atomic E-state index is 5.25. The van der Waals surface area contributed by atoms with Gasteiger partial charge in [-0.2, -0.15) is 5.48 Å². The lowest BCUT2D eigenvalue weighted by molar-refractivity contribution is 0.0528. The van der Waals surface area contributed by atoms with Crippen LogP contribution in [0, 0.1) is 0 Å². The second-order valence-corrected chi connectivity index (χ2v) is 4.32. The first-order chi connectivity index (χ1) is 9.40. The van der Waals surface area contributed by atoms with Crippen LogP contribution in [0.2, 0.25) is 0 Å². The van der Waals surface area contributed by atoms with Crippen molar-refractivity contribution >= 4 is 22.7 Å². The van der Waals surface area contributed by atoms with Crippen LogP contribution in [0.1, 0.15) is 6.92 Å². The smallest absolute Gasteiger partial charge is 0.0966 e. The van der Waals surface area contributed by atoms with Gasteiger partial charge < -0.3 is 15.1 Å². The van der Waals surface area contributed by atoms with Crippen molar-refractivity contribution in [2.45, 2.75) is 6.92 Å². The molecular formula is C15H17N3O. The molecule has 19 heavy (non-hydrogen) atoms. The molecule has 0 radical (unpaired) electrons. The van der Waals surface area contributed by atoms with E-state index in [-0.39, 0.29) is 0 Å². The van der Waals surface area contributed by atoms with Crippen molar-refractivity contribution in [3.63, 3.8) is 0 Å². The van der Waals surface area contributed by atoms with Crippen LogP contribution >= 0.6 is 0 Å². The molecule has 0 amide bonds. The Morgan fingerprint density at radius 2 is 1.58 bits per heavy atom. The molecule has 4 heteroatoms. The minimum absolute atomic E-state index is 0.615. The third kappa shape index (κ3) is 2.28. The molecule has 0 unspecified atom stereocenters. The molecule has 2 aromatic rings. The number of hydroxylamine groups is 1. The topological polar surface area (TPSA) is 36.5 Å². The van der Waals surface area contributed by atoms with Crippen LogP contribution < -0.4 is 15.7 Å². The van der Waals surface area contributed by atoms with E-state index in [4.69, 9.17) is 4.84 Å². The molecule has 0 saturated carbocycles. The summed E-state index contributed by atoms with van der Waals surface area (Å²) in [7, 11) is 0. The second kappa shape index (κ2) is 5.30. The van der Waals surface area contributed by atoms with Gasteiger partial charge in [0.15, 0.2) is 0 Å². The summed E-state index contributed by atoms with van der Waals surface area (Å²) in [6, 6.07) is 16.5. The number of hydrogen-bond donors (Lipinski definition) is 2. The largest absolute Gasteiger partial charge is 0.352 e. The van der Waals surface area contributed by atoms with Crippen molar-refractivity contribution in [2.75, 3.05) is 23.5 Å². The SMILES string of the molecule is CCONCN1c2ccccc2Nc2ccccc21. The van der Waals surface area contributed by atoms with Gasteiger partial charge in [0.1, 0.15) is 0 Å². The number of rotatable bonds is 4. The van der Waals surface area contributed by atoms with E-state index >= 15 is 0 Å². The van der Waals surface area contributed by atoms with Crippen LogP contribution in [0.15, 0.2) is 48.5 Å². The predicted molar refractivity (Wildman–Crippen MR) is 77.9 cm³/mol. The Morgan fingerprint density at radius 3 is 2.16 bits per heavy atom. The van der Waals surface area contributed by atoms with E-state index in [1.165, 1.54) is 0 Å². The molecule has 1 aliphatic rings. The molecule has 0 atom stereocenters. The lowest BCUT2D eigenvalue weighted by Crippen LogP contribution is -2.33. The fourth-order valence-electron chi connectivity index (χ4n) is 2.29. The summed E-state index contributed by atoms with van der Waals surface area (Å²) in [6.07, 6.45) is 0. The zero-order valence-electron chi connectivity index (χ0n) is 10.9. The minimum Gasteiger partial charge on any atom is -0.352 e. The quantitative estimate of drug-likeness (QED) is 0.648. The average Bonchev–Trinajstić information content (AvgIpc) is 2.46. The molecule has 1 heterocycles. The van der Waals surface area contributed by atoms with Crippen molar-refractivity contribution in [2.24, 2.45) is 0 Å². The normalized spacial score (nSPS) is 12.6. The Labute approximate surface area is 113 Å². The Bertz CT molecular complexity index is 525. The molecule has 98 valence electrons. The van der Waals surface area contributed by atoms with Crippen LogP contribution in [-0.4, -0.2) is 13.3 Å². The molecular weight excluding hydrogens is 238 g/mol. The standard InChI is InChI=1S/C15H17N3O/c1-2-19-16-11-18-14-9-5-3-7-12(14)17-13-8-4-6-10-15(13)18/h3-10,16-17H,2,11H2,1H3. The van der Waals surface area contributed by atoms with E-state index in [1.807, 2.05) is 31.2 Å². The van der Waals surface area contributed by atoms with Crippen LogP contribution in [0.5, 0.6) is 0 Å². The first-order valence-corrected chi connectivity index (χ1v) is 6.47. The first-order valence-electron chi connectivity index (χ1n) is 6.47. The summed E-state index contributed by atoms with van der Waals surface area (Å²) in [5.74, 6) is 0. The molecule has 0 aliphatic carbocycles. The third-order valence-corrected chi connectivity index (χ3v) is 3.13. The lowest BCUT2D eigenvalue weighted by atomic mass is 10.1. The second-order valence-electron chi connectivity index (χ2n) is 4.32. The highest BCUT2D eigenvalue weighted by Crippen LogP contribution is 2.42. The highest BCUT2D eigenvalue weighted by atomic mass is 16.6. The summed E-state index contributed by atoms with van der Waals surface area (Å²) in [5, 5.41) is 3.45. The van der Waals surface area contributed by atoms with E-state index in [1.54, 1.807) is 0 Å². The molecule has 0 fully saturated rings. The van der Waals surface area contributed by atoms with Crippen molar-refractivity contribution < 1.29 is 4.84 Å². The number of fused-ring (bicyclic) bond motifs is 2. The van der Waals surface area contributed by atoms with Crippen LogP contribution in [-0.2, 0) is 4.84 Å². The maximum Gasteiger partial charge on any atom is 0.0966 e. The molecule has 0 aromatic heterocycles. The first kappa shape index (κ1) is 12.0. The van der Waals surface area contributed by atoms with Crippen molar-refractivity contribution in [3.05, 3.63) is 48.5 Å². The van der Waals surface area contributed by atoms with Gasteiger partial charge in [0, 0.05) is 0 Å². The van der Waals surface area contributed by atoms with E-state index in [0.717, 1.165) is 22.7 Å². The van der Waals surface area contributed by atoms with Gasteiger partial charge in [-0.05, 0) is 31.2 Å². The molecule has 2 N–H and O–H groups in total. The third-order valence-electron chi connectivity index (χ3n) is 3.13. The summed E-state index contributed by atoms with van der Waals surface area (Å²) in [6.45, 7) is 3.23. The predicted octanol–water partition coefficient (Wildman–Crippen LogP) is 3.38. The molecule has 3 rings (SSSR count). The van der Waals surface area contributed by atoms with E-state index in [9.17, 15) is 0 Å². The number of para-hydroxylation sites is 4. The average molecular weight is 255 g/mol. The Kier molecular flexibility index (Phi) is 3.35. The Morgan fingerprint density at radius 1 is 1.00 bits per heavy atom. The van der Waals surface area contributed by atoms with E-state index in [0.29, 0.717) is 13.3 Å². The number of benzene rings is 2. The zero-order chi connectivity index (χ0) is 13.1. The number of anilines is 4. The summed E-state index contributed by atoms with van der Waals surface area (Å²) in [4.78, 5) is 7.46. The van der Waals surface area contributed by atoms with Gasteiger partial charge >= 0.3 is 0 Å². The van der Waals surface area contributed by atoms with Gasteiger partial charge in [-0.15, -0.1) is 0 Å². The number of nitrogens with zero attached hydrogens (tertiary/aromatic N) is 1. The summed E-state index contributed by atoms with van der Waals surface area (Å²) in [5.41, 5.74) is 7.50. The van der Waals surface area contributed by atoms with Crippen molar-refractivity contribution in [3.8, 4) is 0 Å². The zero-order valence-corrected chi connectivity index (χ0v) is 10.9. The van der Waals surface area contributed by atoms with Gasteiger partial charge in [-0.3, -0.25) is 0 Å². The van der Waals surface area contributed by atoms with Gasteiger partial charge in [0.2, 0.25) is 0 Å². The fraction of sp³-hybridized carbons (Fsp3) is 0.200. The molecule has 0 saturated heterocycles. The van der Waals surface area contributed by atoms with Gasteiger partial charge in [0.25, 0.3) is 0 Å². The molecule has 1 aliphatic heterocycles. The van der Waals surface area contributed by atoms with Crippen LogP contribution in [0.4, 0.5) is 22.7 Å².